The number of aliphatic hydroxyl groups excluding tert-OH is 1. The maximum absolute atomic E-state index is 13.7. The molecule has 2 aromatic carbocycles. The first-order valence-corrected chi connectivity index (χ1v) is 14.8. The predicted octanol–water partition coefficient (Wildman–Crippen LogP) is 4.01. The lowest BCUT2D eigenvalue weighted by Crippen LogP contribution is -2.49. The van der Waals surface area contributed by atoms with Gasteiger partial charge in [0.25, 0.3) is 5.91 Å². The van der Waals surface area contributed by atoms with Crippen molar-refractivity contribution in [2.75, 3.05) is 64.9 Å². The number of amides is 2. The second-order valence-electron chi connectivity index (χ2n) is 11.0. The Morgan fingerprint density at radius 3 is 2.63 bits per heavy atom. The molecule has 2 aromatic rings. The van der Waals surface area contributed by atoms with Gasteiger partial charge < -0.3 is 24.8 Å². The lowest BCUT2D eigenvalue weighted by atomic mass is 9.99. The Bertz CT molecular complexity index is 1210. The maximum Gasteiger partial charge on any atom is 0.258 e. The van der Waals surface area contributed by atoms with Crippen molar-refractivity contribution in [3.05, 3.63) is 57.6 Å². The number of carbonyl (C=O) groups excluding carboxylic acids is 2. The molecule has 9 nitrogen and oxygen atoms in total. The molecule has 4 rings (SSSR count). The number of anilines is 1. The molecule has 2 N–H and O–H groups in total. The number of fused-ring (bicyclic) bond motifs is 1. The van der Waals surface area contributed by atoms with Crippen LogP contribution in [0.5, 0.6) is 5.75 Å². The number of hydrogen-bond acceptors (Lipinski definition) is 7. The van der Waals surface area contributed by atoms with E-state index < -0.39 is 0 Å². The van der Waals surface area contributed by atoms with E-state index in [0.717, 1.165) is 18.7 Å². The first kappa shape index (κ1) is 31.5. The number of likely N-dealkylation sites (N-methyl/N-ethyl adjacent to an activating group) is 1. The maximum atomic E-state index is 13.7. The molecule has 0 unspecified atom stereocenters. The number of carbonyl (C=O) groups is 2. The minimum atomic E-state index is -0.378. The average molecular weight is 608 g/mol. The molecule has 11 heteroatoms. The number of nitrogens with one attached hydrogen (secondary N) is 1. The van der Waals surface area contributed by atoms with Crippen molar-refractivity contribution in [3.63, 3.8) is 0 Å². The average Bonchev–Trinajstić information content (AvgIpc) is 2.96. The van der Waals surface area contributed by atoms with Crippen molar-refractivity contribution in [3.8, 4) is 5.75 Å². The highest BCUT2D eigenvalue weighted by molar-refractivity contribution is 6.42. The van der Waals surface area contributed by atoms with Crippen LogP contribution in [0.15, 0.2) is 36.4 Å². The molecule has 2 aliphatic heterocycles. The molecule has 0 saturated carbocycles. The molecular formula is C30H40Cl2N4O5. The Morgan fingerprint density at radius 1 is 1.17 bits per heavy atom. The summed E-state index contributed by atoms with van der Waals surface area (Å²) in [5.41, 5.74) is 1.92. The molecule has 1 fully saturated rings. The van der Waals surface area contributed by atoms with Crippen LogP contribution in [0.4, 0.5) is 5.69 Å². The van der Waals surface area contributed by atoms with E-state index >= 15 is 0 Å². The Balaban J connectivity index is 1.50. The molecule has 2 amide bonds. The minimum absolute atomic E-state index is 0.0167. The summed E-state index contributed by atoms with van der Waals surface area (Å²) >= 11 is 12.3. The van der Waals surface area contributed by atoms with Gasteiger partial charge in [0.2, 0.25) is 5.91 Å². The van der Waals surface area contributed by atoms with Crippen molar-refractivity contribution in [1.82, 2.24) is 14.7 Å². The van der Waals surface area contributed by atoms with Crippen molar-refractivity contribution < 1.29 is 24.2 Å². The van der Waals surface area contributed by atoms with E-state index in [1.807, 2.05) is 26.1 Å². The van der Waals surface area contributed by atoms with Crippen LogP contribution in [-0.4, -0.2) is 103 Å². The van der Waals surface area contributed by atoms with Gasteiger partial charge in [-0.15, -0.1) is 0 Å². The van der Waals surface area contributed by atoms with E-state index in [-0.39, 0.29) is 36.5 Å². The van der Waals surface area contributed by atoms with Gasteiger partial charge in [0.05, 0.1) is 41.5 Å². The lowest BCUT2D eigenvalue weighted by molar-refractivity contribution is -0.116. The van der Waals surface area contributed by atoms with Gasteiger partial charge in [-0.3, -0.25) is 19.4 Å². The molecule has 0 radical (unpaired) electrons. The van der Waals surface area contributed by atoms with Crippen LogP contribution in [-0.2, 0) is 16.1 Å². The Labute approximate surface area is 252 Å². The first-order valence-electron chi connectivity index (χ1n) is 14.1. The fourth-order valence-electron chi connectivity index (χ4n) is 5.15. The van der Waals surface area contributed by atoms with E-state index in [2.05, 4.69) is 22.0 Å². The summed E-state index contributed by atoms with van der Waals surface area (Å²) in [7, 11) is 2.01. The van der Waals surface area contributed by atoms with Crippen LogP contribution in [0.2, 0.25) is 10.0 Å². The summed E-state index contributed by atoms with van der Waals surface area (Å²) in [6.45, 7) is 9.03. The van der Waals surface area contributed by atoms with Gasteiger partial charge in [-0.05, 0) is 49.9 Å². The van der Waals surface area contributed by atoms with Crippen molar-refractivity contribution in [2.45, 2.75) is 39.0 Å². The van der Waals surface area contributed by atoms with Crippen LogP contribution in [0.25, 0.3) is 0 Å². The van der Waals surface area contributed by atoms with Gasteiger partial charge in [0.1, 0.15) is 11.9 Å². The lowest BCUT2D eigenvalue weighted by Gasteiger charge is -2.38. The first-order chi connectivity index (χ1) is 19.6. The predicted molar refractivity (Wildman–Crippen MR) is 161 cm³/mol. The summed E-state index contributed by atoms with van der Waals surface area (Å²) in [5.74, 6) is 0.0833. The molecule has 2 heterocycles. The zero-order valence-electron chi connectivity index (χ0n) is 23.9. The largest absolute Gasteiger partial charge is 0.488 e. The molecule has 0 aromatic heterocycles. The number of hydrogen-bond donors (Lipinski definition) is 2. The van der Waals surface area contributed by atoms with E-state index in [4.69, 9.17) is 32.7 Å². The summed E-state index contributed by atoms with van der Waals surface area (Å²) in [6, 6.07) is 10.4. The van der Waals surface area contributed by atoms with Crippen LogP contribution in [0.1, 0.15) is 36.2 Å². The summed E-state index contributed by atoms with van der Waals surface area (Å²) in [4.78, 5) is 32.5. The number of halogens is 2. The summed E-state index contributed by atoms with van der Waals surface area (Å²) in [5, 5.41) is 13.9. The van der Waals surface area contributed by atoms with Crippen molar-refractivity contribution in [2.24, 2.45) is 5.92 Å². The van der Waals surface area contributed by atoms with Gasteiger partial charge >= 0.3 is 0 Å². The Kier molecular flexibility index (Phi) is 11.3. The highest BCUT2D eigenvalue weighted by Crippen LogP contribution is 2.31. The van der Waals surface area contributed by atoms with Gasteiger partial charge in [-0.1, -0.05) is 36.2 Å². The number of morpholine rings is 1. The molecule has 0 bridgehead atoms. The normalized spacial score (nSPS) is 20.7. The number of benzene rings is 2. The standard InChI is InChI=1S/C30H40Cl2N4O5/c1-20-16-36(21(2)19-37)30(39)24-15-23(33-29(38)8-9-35-10-12-40-13-11-35)5-7-27(24)41-28(20)18-34(3)17-22-4-6-25(31)26(32)14-22/h4-7,14-15,20-21,28,37H,8-13,16-19H2,1-3H3,(H,33,38)/t20-,21-,28+/m0/s1. The van der Waals surface area contributed by atoms with Gasteiger partial charge in [0.15, 0.2) is 0 Å². The van der Waals surface area contributed by atoms with Crippen molar-refractivity contribution in [1.29, 1.82) is 0 Å². The highest BCUT2D eigenvalue weighted by atomic mass is 35.5. The molecular weight excluding hydrogens is 567 g/mol. The molecule has 0 spiro atoms. The van der Waals surface area contributed by atoms with Crippen LogP contribution >= 0.6 is 23.2 Å². The molecule has 0 aliphatic carbocycles. The van der Waals surface area contributed by atoms with E-state index in [1.165, 1.54) is 0 Å². The number of ether oxygens (including phenoxy) is 2. The van der Waals surface area contributed by atoms with Crippen LogP contribution in [0, 0.1) is 5.92 Å². The quantitative estimate of drug-likeness (QED) is 0.422. The SMILES string of the molecule is C[C@H]1CN([C@@H](C)CO)C(=O)c2cc(NC(=O)CCN3CCOCC3)ccc2O[C@@H]1CN(C)Cc1ccc(Cl)c(Cl)c1. The van der Waals surface area contributed by atoms with E-state index in [1.54, 1.807) is 29.2 Å². The second kappa shape index (κ2) is 14.7. The summed E-state index contributed by atoms with van der Waals surface area (Å²) < 4.78 is 11.9. The van der Waals surface area contributed by atoms with Crippen LogP contribution < -0.4 is 10.1 Å². The molecule has 224 valence electrons. The van der Waals surface area contributed by atoms with Gasteiger partial charge in [0, 0.05) is 57.3 Å². The number of aliphatic hydroxyl groups is 1. The third-order valence-electron chi connectivity index (χ3n) is 7.64. The topological polar surface area (TPSA) is 94.6 Å². The van der Waals surface area contributed by atoms with Gasteiger partial charge in [-0.2, -0.15) is 0 Å². The van der Waals surface area contributed by atoms with E-state index in [9.17, 15) is 14.7 Å². The van der Waals surface area contributed by atoms with Gasteiger partial charge in [-0.25, -0.2) is 0 Å². The van der Waals surface area contributed by atoms with Crippen LogP contribution in [0.3, 0.4) is 0 Å². The Morgan fingerprint density at radius 2 is 1.93 bits per heavy atom. The minimum Gasteiger partial charge on any atom is -0.488 e. The second-order valence-corrected chi connectivity index (χ2v) is 11.8. The van der Waals surface area contributed by atoms with Crippen molar-refractivity contribution >= 4 is 40.7 Å². The fraction of sp³-hybridized carbons (Fsp3) is 0.533. The molecule has 1 saturated heterocycles. The molecule has 41 heavy (non-hydrogen) atoms. The smallest absolute Gasteiger partial charge is 0.258 e. The number of rotatable bonds is 10. The third-order valence-corrected chi connectivity index (χ3v) is 8.37. The third kappa shape index (κ3) is 8.56. The zero-order valence-corrected chi connectivity index (χ0v) is 25.5. The van der Waals surface area contributed by atoms with E-state index in [0.29, 0.717) is 72.9 Å². The zero-order chi connectivity index (χ0) is 29.5. The molecule has 3 atom stereocenters. The molecule has 2 aliphatic rings. The number of nitrogens with zero attached hydrogens (tertiary/aromatic N) is 3. The highest BCUT2D eigenvalue weighted by Gasteiger charge is 2.33. The Hall–Kier alpha value is -2.40. The monoisotopic (exact) mass is 606 g/mol. The summed E-state index contributed by atoms with van der Waals surface area (Å²) in [6.07, 6.45) is 0.108. The fourth-order valence-corrected chi connectivity index (χ4v) is 5.47.